The van der Waals surface area contributed by atoms with Gasteiger partial charge in [0.2, 0.25) is 0 Å². The third-order valence-corrected chi connectivity index (χ3v) is 3.22. The smallest absolute Gasteiger partial charge is 0.179 e. The van der Waals surface area contributed by atoms with Crippen molar-refractivity contribution in [3.8, 4) is 0 Å². The van der Waals surface area contributed by atoms with Crippen molar-refractivity contribution in [2.75, 3.05) is 6.54 Å². The number of hydrogen-bond donors (Lipinski definition) is 1. The van der Waals surface area contributed by atoms with Crippen molar-refractivity contribution < 1.29 is 4.79 Å². The molecule has 0 radical (unpaired) electrons. The maximum Gasteiger partial charge on any atom is 0.179 e. The molecule has 2 nitrogen and oxygen atoms in total. The molecule has 0 fully saturated rings. The molecule has 0 spiro atoms. The highest BCUT2D eigenvalue weighted by molar-refractivity contribution is 6.07. The first-order valence-corrected chi connectivity index (χ1v) is 5.45. The molecular formula is C13H13NO. The highest BCUT2D eigenvalue weighted by Gasteiger charge is 2.26. The first-order chi connectivity index (χ1) is 7.36. The van der Waals surface area contributed by atoms with Crippen LogP contribution < -0.4 is 5.32 Å². The van der Waals surface area contributed by atoms with E-state index >= 15 is 0 Å². The zero-order chi connectivity index (χ0) is 10.3. The quantitative estimate of drug-likeness (QED) is 0.691. The molecule has 1 heterocycles. The van der Waals surface area contributed by atoms with Gasteiger partial charge in [0.05, 0.1) is 5.70 Å². The Morgan fingerprint density at radius 3 is 2.87 bits per heavy atom. The van der Waals surface area contributed by atoms with E-state index in [4.69, 9.17) is 0 Å². The second-order valence-electron chi connectivity index (χ2n) is 4.11. The third-order valence-electron chi connectivity index (χ3n) is 3.22. The standard InChI is InChI=1S/C13H13NO/c15-12-6-5-11-10-4-2-1-3-9(10)7-8-14-13(11)12/h1-4,14H,5-8H2. The molecule has 0 unspecified atom stereocenters. The van der Waals surface area contributed by atoms with Gasteiger partial charge in [0.15, 0.2) is 5.78 Å². The van der Waals surface area contributed by atoms with Gasteiger partial charge in [-0.25, -0.2) is 0 Å². The van der Waals surface area contributed by atoms with Gasteiger partial charge in [-0.05, 0) is 29.5 Å². The Morgan fingerprint density at radius 1 is 1.07 bits per heavy atom. The summed E-state index contributed by atoms with van der Waals surface area (Å²) in [7, 11) is 0. The molecule has 2 aliphatic rings. The van der Waals surface area contributed by atoms with E-state index in [2.05, 4.69) is 29.6 Å². The van der Waals surface area contributed by atoms with Crippen LogP contribution in [0.2, 0.25) is 0 Å². The molecule has 1 aromatic carbocycles. The summed E-state index contributed by atoms with van der Waals surface area (Å²) in [5.41, 5.74) is 4.75. The van der Waals surface area contributed by atoms with E-state index in [0.29, 0.717) is 6.42 Å². The molecule has 0 amide bonds. The van der Waals surface area contributed by atoms with E-state index in [1.54, 1.807) is 0 Å². The van der Waals surface area contributed by atoms with Crippen LogP contribution >= 0.6 is 0 Å². The minimum Gasteiger partial charge on any atom is -0.382 e. The van der Waals surface area contributed by atoms with E-state index < -0.39 is 0 Å². The second-order valence-corrected chi connectivity index (χ2v) is 4.11. The van der Waals surface area contributed by atoms with Crippen molar-refractivity contribution in [3.05, 3.63) is 41.1 Å². The molecule has 0 saturated heterocycles. The average Bonchev–Trinajstić information content (AvgIpc) is 2.53. The summed E-state index contributed by atoms with van der Waals surface area (Å²) in [6.45, 7) is 0.877. The fourth-order valence-corrected chi connectivity index (χ4v) is 2.49. The molecule has 2 heteroatoms. The number of carbonyl (C=O) groups is 1. The molecule has 0 aromatic heterocycles. The summed E-state index contributed by atoms with van der Waals surface area (Å²) in [5, 5.41) is 3.27. The van der Waals surface area contributed by atoms with E-state index in [0.717, 1.165) is 25.1 Å². The number of rotatable bonds is 0. The number of Topliss-reactive ketones (excluding diaryl/α,β-unsaturated/α-hetero) is 1. The lowest BCUT2D eigenvalue weighted by Gasteiger charge is -2.06. The molecule has 15 heavy (non-hydrogen) atoms. The van der Waals surface area contributed by atoms with Crippen LogP contribution in [0.5, 0.6) is 0 Å². The van der Waals surface area contributed by atoms with Gasteiger partial charge < -0.3 is 5.32 Å². The molecule has 0 saturated carbocycles. The fraction of sp³-hybridized carbons (Fsp3) is 0.308. The van der Waals surface area contributed by atoms with Crippen LogP contribution in [-0.4, -0.2) is 12.3 Å². The van der Waals surface area contributed by atoms with Crippen LogP contribution in [0, 0.1) is 0 Å². The summed E-state index contributed by atoms with van der Waals surface area (Å²) in [5.74, 6) is 0.279. The molecule has 0 atom stereocenters. The van der Waals surface area contributed by atoms with Gasteiger partial charge >= 0.3 is 0 Å². The number of fused-ring (bicyclic) bond motifs is 2. The summed E-state index contributed by atoms with van der Waals surface area (Å²) in [4.78, 5) is 11.7. The SMILES string of the molecule is O=C1CCC2=C1NCCc1ccccc12. The molecule has 1 aliphatic carbocycles. The maximum absolute atomic E-state index is 11.7. The van der Waals surface area contributed by atoms with Crippen molar-refractivity contribution in [1.82, 2.24) is 5.32 Å². The molecule has 1 N–H and O–H groups in total. The van der Waals surface area contributed by atoms with E-state index in [1.807, 2.05) is 0 Å². The molecule has 1 aliphatic heterocycles. The van der Waals surface area contributed by atoms with Crippen molar-refractivity contribution in [2.45, 2.75) is 19.3 Å². The monoisotopic (exact) mass is 199 g/mol. The second kappa shape index (κ2) is 3.23. The number of hydrogen-bond acceptors (Lipinski definition) is 2. The van der Waals surface area contributed by atoms with Crippen LogP contribution in [0.1, 0.15) is 24.0 Å². The summed E-state index contributed by atoms with van der Waals surface area (Å²) in [6.07, 6.45) is 2.58. The lowest BCUT2D eigenvalue weighted by Crippen LogP contribution is -2.19. The number of benzene rings is 1. The Balaban J connectivity index is 2.19. The number of allylic oxidation sites excluding steroid dienone is 2. The van der Waals surface area contributed by atoms with Gasteiger partial charge in [0, 0.05) is 13.0 Å². The Bertz CT molecular complexity index is 459. The first kappa shape index (κ1) is 8.72. The predicted octanol–water partition coefficient (Wildman–Crippen LogP) is 1.91. The highest BCUT2D eigenvalue weighted by Crippen LogP contribution is 2.33. The van der Waals surface area contributed by atoms with Gasteiger partial charge in [-0.15, -0.1) is 0 Å². The molecule has 1 aromatic rings. The lowest BCUT2D eigenvalue weighted by atomic mass is 9.98. The van der Waals surface area contributed by atoms with Crippen LogP contribution in [0.4, 0.5) is 0 Å². The zero-order valence-corrected chi connectivity index (χ0v) is 8.55. The topological polar surface area (TPSA) is 29.1 Å². The number of ketones is 1. The Hall–Kier alpha value is -1.57. The van der Waals surface area contributed by atoms with E-state index in [9.17, 15) is 4.79 Å². The Labute approximate surface area is 89.0 Å². The van der Waals surface area contributed by atoms with Crippen molar-refractivity contribution >= 4 is 11.4 Å². The Morgan fingerprint density at radius 2 is 1.93 bits per heavy atom. The molecule has 76 valence electrons. The molecular weight excluding hydrogens is 186 g/mol. The van der Waals surface area contributed by atoms with Crippen molar-refractivity contribution in [1.29, 1.82) is 0 Å². The van der Waals surface area contributed by atoms with Crippen molar-refractivity contribution in [3.63, 3.8) is 0 Å². The fourth-order valence-electron chi connectivity index (χ4n) is 2.49. The zero-order valence-electron chi connectivity index (χ0n) is 8.55. The molecule has 3 rings (SSSR count). The molecule has 0 bridgehead atoms. The predicted molar refractivity (Wildman–Crippen MR) is 59.3 cm³/mol. The number of nitrogens with one attached hydrogen (secondary N) is 1. The van der Waals surface area contributed by atoms with Gasteiger partial charge in [-0.2, -0.15) is 0 Å². The van der Waals surface area contributed by atoms with Crippen LogP contribution in [0.25, 0.3) is 5.57 Å². The van der Waals surface area contributed by atoms with Crippen LogP contribution in [0.15, 0.2) is 30.0 Å². The lowest BCUT2D eigenvalue weighted by molar-refractivity contribution is -0.115. The third kappa shape index (κ3) is 1.29. The van der Waals surface area contributed by atoms with Gasteiger partial charge in [-0.3, -0.25) is 4.79 Å². The van der Waals surface area contributed by atoms with Crippen LogP contribution in [0.3, 0.4) is 0 Å². The van der Waals surface area contributed by atoms with E-state index in [-0.39, 0.29) is 5.78 Å². The average molecular weight is 199 g/mol. The largest absolute Gasteiger partial charge is 0.382 e. The minimum atomic E-state index is 0.279. The Kier molecular flexibility index (Phi) is 1.88. The summed E-state index contributed by atoms with van der Waals surface area (Å²) in [6, 6.07) is 8.42. The van der Waals surface area contributed by atoms with Gasteiger partial charge in [-0.1, -0.05) is 24.3 Å². The van der Waals surface area contributed by atoms with Gasteiger partial charge in [0.1, 0.15) is 0 Å². The highest BCUT2D eigenvalue weighted by atomic mass is 16.1. The summed E-state index contributed by atoms with van der Waals surface area (Å²) < 4.78 is 0. The first-order valence-electron chi connectivity index (χ1n) is 5.45. The number of carbonyl (C=O) groups excluding carboxylic acids is 1. The van der Waals surface area contributed by atoms with Crippen molar-refractivity contribution in [2.24, 2.45) is 0 Å². The van der Waals surface area contributed by atoms with Gasteiger partial charge in [0.25, 0.3) is 0 Å². The van der Waals surface area contributed by atoms with Crippen LogP contribution in [-0.2, 0) is 11.2 Å². The van der Waals surface area contributed by atoms with E-state index in [1.165, 1.54) is 16.7 Å². The maximum atomic E-state index is 11.7. The minimum absolute atomic E-state index is 0.279. The summed E-state index contributed by atoms with van der Waals surface area (Å²) >= 11 is 0. The normalized spacial score (nSPS) is 19.3.